The van der Waals surface area contributed by atoms with Gasteiger partial charge in [-0.2, -0.15) is 5.26 Å². The smallest absolute Gasteiger partial charge is 0.0992 e. The van der Waals surface area contributed by atoms with Crippen LogP contribution in [0.5, 0.6) is 0 Å². The molecule has 0 heterocycles. The minimum absolute atomic E-state index is 0.587. The van der Waals surface area contributed by atoms with Gasteiger partial charge in [0.25, 0.3) is 0 Å². The SMILES string of the molecule is N#Cc1cccc(N(O)CCC2CCCCC2)c1. The lowest BCUT2D eigenvalue weighted by Gasteiger charge is -2.24. The van der Waals surface area contributed by atoms with Crippen molar-refractivity contribution in [3.8, 4) is 6.07 Å². The number of rotatable bonds is 4. The molecule has 0 bridgehead atoms. The summed E-state index contributed by atoms with van der Waals surface area (Å²) in [5.74, 6) is 0.757. The van der Waals surface area contributed by atoms with E-state index in [1.54, 1.807) is 18.2 Å². The zero-order chi connectivity index (χ0) is 12.8. The zero-order valence-corrected chi connectivity index (χ0v) is 10.7. The van der Waals surface area contributed by atoms with E-state index in [0.29, 0.717) is 17.8 Å². The van der Waals surface area contributed by atoms with Gasteiger partial charge >= 0.3 is 0 Å². The van der Waals surface area contributed by atoms with Crippen LogP contribution in [0, 0.1) is 17.2 Å². The molecular weight excluding hydrogens is 224 g/mol. The summed E-state index contributed by atoms with van der Waals surface area (Å²) in [5, 5.41) is 20.1. The molecule has 1 aromatic rings. The van der Waals surface area contributed by atoms with Gasteiger partial charge in [-0.05, 0) is 30.5 Å². The normalized spacial score (nSPS) is 16.2. The third-order valence-corrected chi connectivity index (χ3v) is 3.75. The van der Waals surface area contributed by atoms with Crippen molar-refractivity contribution in [3.05, 3.63) is 29.8 Å². The molecule has 0 atom stereocenters. The van der Waals surface area contributed by atoms with Crippen LogP contribution >= 0.6 is 0 Å². The molecule has 0 amide bonds. The number of nitrogens with zero attached hydrogens (tertiary/aromatic N) is 2. The van der Waals surface area contributed by atoms with Crippen LogP contribution in [-0.4, -0.2) is 11.8 Å². The van der Waals surface area contributed by atoms with Crippen molar-refractivity contribution in [3.63, 3.8) is 0 Å². The van der Waals surface area contributed by atoms with E-state index in [2.05, 4.69) is 6.07 Å². The van der Waals surface area contributed by atoms with Crippen molar-refractivity contribution in [1.82, 2.24) is 0 Å². The zero-order valence-electron chi connectivity index (χ0n) is 10.7. The van der Waals surface area contributed by atoms with Crippen LogP contribution in [-0.2, 0) is 0 Å². The molecule has 0 radical (unpaired) electrons. The topological polar surface area (TPSA) is 47.3 Å². The third kappa shape index (κ3) is 3.48. The number of nitriles is 1. The molecule has 1 saturated carbocycles. The van der Waals surface area contributed by atoms with E-state index in [9.17, 15) is 5.21 Å². The lowest BCUT2D eigenvalue weighted by atomic mass is 9.87. The highest BCUT2D eigenvalue weighted by Gasteiger charge is 2.14. The molecule has 2 rings (SSSR count). The highest BCUT2D eigenvalue weighted by molar-refractivity contribution is 5.49. The lowest BCUT2D eigenvalue weighted by Crippen LogP contribution is -2.22. The summed E-state index contributed by atoms with van der Waals surface area (Å²) in [6, 6.07) is 9.20. The molecule has 0 aliphatic heterocycles. The summed E-state index contributed by atoms with van der Waals surface area (Å²) >= 11 is 0. The fourth-order valence-corrected chi connectivity index (χ4v) is 2.65. The first-order valence-corrected chi connectivity index (χ1v) is 6.76. The average Bonchev–Trinajstić information content (AvgIpc) is 2.46. The highest BCUT2D eigenvalue weighted by atomic mass is 16.5. The van der Waals surface area contributed by atoms with Crippen LogP contribution in [0.25, 0.3) is 0 Å². The van der Waals surface area contributed by atoms with Crippen molar-refractivity contribution in [2.24, 2.45) is 5.92 Å². The fraction of sp³-hybridized carbons (Fsp3) is 0.533. The quantitative estimate of drug-likeness (QED) is 0.821. The lowest BCUT2D eigenvalue weighted by molar-refractivity contribution is 0.233. The Morgan fingerprint density at radius 2 is 2.06 bits per heavy atom. The van der Waals surface area contributed by atoms with Gasteiger partial charge in [-0.25, -0.2) is 0 Å². The van der Waals surface area contributed by atoms with Crippen LogP contribution in [0.4, 0.5) is 5.69 Å². The van der Waals surface area contributed by atoms with Gasteiger partial charge in [-0.1, -0.05) is 38.2 Å². The number of benzene rings is 1. The molecule has 1 fully saturated rings. The molecule has 1 aliphatic rings. The number of hydrogen-bond donors (Lipinski definition) is 1. The third-order valence-electron chi connectivity index (χ3n) is 3.75. The molecule has 0 saturated heterocycles. The molecule has 0 unspecified atom stereocenters. The van der Waals surface area contributed by atoms with E-state index in [1.165, 1.54) is 37.2 Å². The maximum atomic E-state index is 10.00. The molecule has 1 aromatic carbocycles. The van der Waals surface area contributed by atoms with Gasteiger partial charge in [-0.15, -0.1) is 0 Å². The highest BCUT2D eigenvalue weighted by Crippen LogP contribution is 2.27. The van der Waals surface area contributed by atoms with Gasteiger partial charge < -0.3 is 0 Å². The van der Waals surface area contributed by atoms with Crippen LogP contribution in [0.15, 0.2) is 24.3 Å². The first-order valence-electron chi connectivity index (χ1n) is 6.76. The molecule has 0 aromatic heterocycles. The van der Waals surface area contributed by atoms with Crippen LogP contribution in [0.3, 0.4) is 0 Å². The van der Waals surface area contributed by atoms with E-state index < -0.39 is 0 Å². The van der Waals surface area contributed by atoms with E-state index >= 15 is 0 Å². The minimum Gasteiger partial charge on any atom is -0.288 e. The number of hydrogen-bond acceptors (Lipinski definition) is 3. The van der Waals surface area contributed by atoms with Gasteiger partial charge in [0, 0.05) is 6.54 Å². The van der Waals surface area contributed by atoms with Crippen molar-refractivity contribution in [2.45, 2.75) is 38.5 Å². The maximum Gasteiger partial charge on any atom is 0.0992 e. The van der Waals surface area contributed by atoms with Crippen LogP contribution in [0.1, 0.15) is 44.1 Å². The summed E-state index contributed by atoms with van der Waals surface area (Å²) in [7, 11) is 0. The van der Waals surface area contributed by atoms with Crippen molar-refractivity contribution in [2.75, 3.05) is 11.6 Å². The number of hydroxylamine groups is 1. The van der Waals surface area contributed by atoms with Crippen molar-refractivity contribution >= 4 is 5.69 Å². The second kappa shape index (κ2) is 6.42. The van der Waals surface area contributed by atoms with Gasteiger partial charge in [0.2, 0.25) is 0 Å². The first kappa shape index (κ1) is 12.9. The molecule has 3 nitrogen and oxygen atoms in total. The largest absolute Gasteiger partial charge is 0.288 e. The summed E-state index contributed by atoms with van der Waals surface area (Å²) in [5.41, 5.74) is 1.30. The predicted octanol–water partition coefficient (Wildman–Crippen LogP) is 3.72. The Morgan fingerprint density at radius 3 is 2.78 bits per heavy atom. The van der Waals surface area contributed by atoms with Crippen LogP contribution < -0.4 is 5.06 Å². The van der Waals surface area contributed by atoms with Crippen molar-refractivity contribution in [1.29, 1.82) is 5.26 Å². The Labute approximate surface area is 109 Å². The Morgan fingerprint density at radius 1 is 1.28 bits per heavy atom. The van der Waals surface area contributed by atoms with Crippen molar-refractivity contribution < 1.29 is 5.21 Å². The maximum absolute atomic E-state index is 10.00. The molecule has 1 N–H and O–H groups in total. The average molecular weight is 244 g/mol. The summed E-state index contributed by atoms with van der Waals surface area (Å²) in [6.45, 7) is 0.652. The molecule has 18 heavy (non-hydrogen) atoms. The fourth-order valence-electron chi connectivity index (χ4n) is 2.65. The number of anilines is 1. The Hall–Kier alpha value is -1.53. The second-order valence-electron chi connectivity index (χ2n) is 5.08. The molecule has 1 aliphatic carbocycles. The standard InChI is InChI=1S/C15H20N2O/c16-12-14-7-4-8-15(11-14)17(18)10-9-13-5-2-1-3-6-13/h4,7-8,11,13,18H,1-3,5-6,9-10H2. The van der Waals surface area contributed by atoms with Crippen LogP contribution in [0.2, 0.25) is 0 Å². The Balaban J connectivity index is 1.86. The Bertz CT molecular complexity index is 419. The molecule has 0 spiro atoms. The summed E-state index contributed by atoms with van der Waals surface area (Å²) in [6.07, 6.45) is 7.66. The first-order chi connectivity index (χ1) is 8.79. The monoisotopic (exact) mass is 244 g/mol. The van der Waals surface area contributed by atoms with Gasteiger partial charge in [0.15, 0.2) is 0 Å². The van der Waals surface area contributed by atoms with Gasteiger partial charge in [0.05, 0.1) is 17.3 Å². The summed E-state index contributed by atoms with van der Waals surface area (Å²) < 4.78 is 0. The molecular formula is C15H20N2O. The van der Waals surface area contributed by atoms with Gasteiger partial charge in [0.1, 0.15) is 0 Å². The van der Waals surface area contributed by atoms with E-state index in [4.69, 9.17) is 5.26 Å². The summed E-state index contributed by atoms with van der Waals surface area (Å²) in [4.78, 5) is 0. The van der Waals surface area contributed by atoms with Gasteiger partial charge in [-0.3, -0.25) is 10.3 Å². The second-order valence-corrected chi connectivity index (χ2v) is 5.08. The molecule has 3 heteroatoms. The minimum atomic E-state index is 0.587. The molecule has 96 valence electrons. The van der Waals surface area contributed by atoms with E-state index in [-0.39, 0.29) is 0 Å². The predicted molar refractivity (Wildman–Crippen MR) is 71.5 cm³/mol. The Kier molecular flexibility index (Phi) is 4.60. The van der Waals surface area contributed by atoms with E-state index in [0.717, 1.165) is 12.3 Å². The van der Waals surface area contributed by atoms with E-state index in [1.807, 2.05) is 6.07 Å².